The molecule has 0 aliphatic carbocycles. The van der Waals surface area contributed by atoms with Crippen molar-refractivity contribution in [2.45, 2.75) is 25.9 Å². The molecule has 2 rings (SSSR count). The second-order valence-corrected chi connectivity index (χ2v) is 4.36. The molecule has 0 saturated carbocycles. The van der Waals surface area contributed by atoms with Gasteiger partial charge in [0.2, 0.25) is 0 Å². The number of nitrogens with zero attached hydrogens (tertiary/aromatic N) is 1. The van der Waals surface area contributed by atoms with Crippen molar-refractivity contribution in [3.8, 4) is 0 Å². The van der Waals surface area contributed by atoms with Gasteiger partial charge in [0.05, 0.1) is 17.4 Å². The minimum Gasteiger partial charge on any atom is -0.376 e. The normalized spacial score (nSPS) is 18.7. The molecule has 1 aromatic heterocycles. The molecular formula is C12H18N4O2. The van der Waals surface area contributed by atoms with Gasteiger partial charge in [-0.25, -0.2) is 0 Å². The standard InChI is InChI=1S/C12H18N4O2/c1-8-5-11(16-13)10(7-14-8)12(17)15-6-9-3-2-4-18-9/h5,7,9H,2-4,6,13H2,1H3,(H,14,16)(H,15,17). The Bertz CT molecular complexity index is 430. The van der Waals surface area contributed by atoms with E-state index in [0.29, 0.717) is 17.8 Å². The summed E-state index contributed by atoms with van der Waals surface area (Å²) < 4.78 is 5.44. The molecule has 0 aromatic carbocycles. The molecule has 1 aliphatic heterocycles. The Morgan fingerprint density at radius 2 is 2.50 bits per heavy atom. The number of carbonyl (C=O) groups is 1. The van der Waals surface area contributed by atoms with Gasteiger partial charge in [-0.1, -0.05) is 0 Å². The lowest BCUT2D eigenvalue weighted by atomic mass is 10.2. The molecule has 1 saturated heterocycles. The maximum absolute atomic E-state index is 12.0. The highest BCUT2D eigenvalue weighted by atomic mass is 16.5. The fourth-order valence-corrected chi connectivity index (χ4v) is 1.97. The molecule has 6 heteroatoms. The molecule has 1 aromatic rings. The van der Waals surface area contributed by atoms with Crippen LogP contribution in [0.25, 0.3) is 0 Å². The van der Waals surface area contributed by atoms with E-state index in [4.69, 9.17) is 10.6 Å². The number of aromatic nitrogens is 1. The molecule has 0 bridgehead atoms. The zero-order chi connectivity index (χ0) is 13.0. The van der Waals surface area contributed by atoms with Crippen molar-refractivity contribution in [2.75, 3.05) is 18.6 Å². The van der Waals surface area contributed by atoms with E-state index in [1.807, 2.05) is 6.92 Å². The average molecular weight is 250 g/mol. The minimum absolute atomic E-state index is 0.127. The van der Waals surface area contributed by atoms with E-state index >= 15 is 0 Å². The third-order valence-electron chi connectivity index (χ3n) is 2.96. The Labute approximate surface area is 106 Å². The molecule has 1 unspecified atom stereocenters. The number of nitrogens with one attached hydrogen (secondary N) is 2. The highest BCUT2D eigenvalue weighted by molar-refractivity contribution is 5.99. The first-order chi connectivity index (χ1) is 8.70. The van der Waals surface area contributed by atoms with Crippen molar-refractivity contribution >= 4 is 11.6 Å². The van der Waals surface area contributed by atoms with Crippen molar-refractivity contribution in [3.05, 3.63) is 23.5 Å². The third kappa shape index (κ3) is 2.96. The highest BCUT2D eigenvalue weighted by Gasteiger charge is 2.18. The molecule has 0 radical (unpaired) electrons. The number of hydrazine groups is 1. The summed E-state index contributed by atoms with van der Waals surface area (Å²) in [7, 11) is 0. The number of amides is 1. The molecule has 6 nitrogen and oxygen atoms in total. The van der Waals surface area contributed by atoms with Gasteiger partial charge in [-0.2, -0.15) is 0 Å². The molecule has 2 heterocycles. The van der Waals surface area contributed by atoms with Crippen LogP contribution in [0.2, 0.25) is 0 Å². The third-order valence-corrected chi connectivity index (χ3v) is 2.96. The summed E-state index contributed by atoms with van der Waals surface area (Å²) in [5.41, 5.74) is 4.34. The van der Waals surface area contributed by atoms with E-state index in [0.717, 1.165) is 25.1 Å². The van der Waals surface area contributed by atoms with Gasteiger partial charge in [0.1, 0.15) is 0 Å². The Morgan fingerprint density at radius 1 is 1.67 bits per heavy atom. The number of nitrogen functional groups attached to an aromatic ring is 1. The summed E-state index contributed by atoms with van der Waals surface area (Å²) >= 11 is 0. The number of ether oxygens (including phenoxy) is 1. The van der Waals surface area contributed by atoms with Crippen LogP contribution in [0.15, 0.2) is 12.3 Å². The second kappa shape index (κ2) is 5.79. The lowest BCUT2D eigenvalue weighted by molar-refractivity contribution is 0.0858. The summed E-state index contributed by atoms with van der Waals surface area (Å²) in [6.45, 7) is 3.15. The van der Waals surface area contributed by atoms with Gasteiger partial charge < -0.3 is 15.5 Å². The Kier molecular flexibility index (Phi) is 4.11. The fraction of sp³-hybridized carbons (Fsp3) is 0.500. The van der Waals surface area contributed by atoms with E-state index in [1.54, 1.807) is 6.07 Å². The molecule has 0 spiro atoms. The van der Waals surface area contributed by atoms with Crippen LogP contribution >= 0.6 is 0 Å². The monoisotopic (exact) mass is 250 g/mol. The predicted octanol–water partition coefficient (Wildman–Crippen LogP) is 0.584. The second-order valence-electron chi connectivity index (χ2n) is 4.36. The van der Waals surface area contributed by atoms with Gasteiger partial charge >= 0.3 is 0 Å². The van der Waals surface area contributed by atoms with Crippen LogP contribution < -0.4 is 16.6 Å². The maximum Gasteiger partial charge on any atom is 0.255 e. The highest BCUT2D eigenvalue weighted by Crippen LogP contribution is 2.15. The van der Waals surface area contributed by atoms with Crippen LogP contribution in [-0.4, -0.2) is 30.1 Å². The fourth-order valence-electron chi connectivity index (χ4n) is 1.97. The summed E-state index contributed by atoms with van der Waals surface area (Å²) in [5, 5.41) is 2.84. The molecule has 1 aliphatic rings. The van der Waals surface area contributed by atoms with Gasteiger partial charge in [-0.3, -0.25) is 15.6 Å². The number of rotatable bonds is 4. The number of aryl methyl sites for hydroxylation is 1. The van der Waals surface area contributed by atoms with Crippen LogP contribution in [-0.2, 0) is 4.74 Å². The molecule has 1 amide bonds. The van der Waals surface area contributed by atoms with Crippen molar-refractivity contribution < 1.29 is 9.53 Å². The molecule has 98 valence electrons. The van der Waals surface area contributed by atoms with Crippen LogP contribution in [0.3, 0.4) is 0 Å². The van der Waals surface area contributed by atoms with Gasteiger partial charge in [0.15, 0.2) is 0 Å². The number of pyridine rings is 1. The van der Waals surface area contributed by atoms with Crippen molar-refractivity contribution in [3.63, 3.8) is 0 Å². The Hall–Kier alpha value is -1.66. The van der Waals surface area contributed by atoms with E-state index in [1.165, 1.54) is 6.20 Å². The number of nitrogens with two attached hydrogens (primary N) is 1. The smallest absolute Gasteiger partial charge is 0.255 e. The number of hydrogen-bond donors (Lipinski definition) is 3. The van der Waals surface area contributed by atoms with E-state index in [-0.39, 0.29) is 12.0 Å². The van der Waals surface area contributed by atoms with Gasteiger partial charge in [-0.15, -0.1) is 0 Å². The van der Waals surface area contributed by atoms with E-state index in [9.17, 15) is 4.79 Å². The summed E-state index contributed by atoms with van der Waals surface area (Å²) in [6.07, 6.45) is 3.70. The summed E-state index contributed by atoms with van der Waals surface area (Å²) in [4.78, 5) is 16.1. The lowest BCUT2D eigenvalue weighted by Crippen LogP contribution is -2.32. The van der Waals surface area contributed by atoms with Crippen molar-refractivity contribution in [1.82, 2.24) is 10.3 Å². The summed E-state index contributed by atoms with van der Waals surface area (Å²) in [5.74, 6) is 5.20. The average Bonchev–Trinajstić information content (AvgIpc) is 2.88. The minimum atomic E-state index is -0.189. The predicted molar refractivity (Wildman–Crippen MR) is 68.1 cm³/mol. The summed E-state index contributed by atoms with van der Waals surface area (Å²) in [6, 6.07) is 1.74. The van der Waals surface area contributed by atoms with Crippen molar-refractivity contribution in [1.29, 1.82) is 0 Å². The van der Waals surface area contributed by atoms with Crippen LogP contribution in [0.1, 0.15) is 28.9 Å². The van der Waals surface area contributed by atoms with Gasteiger partial charge in [0, 0.05) is 25.0 Å². The first kappa shape index (κ1) is 12.8. The quantitative estimate of drug-likeness (QED) is 0.537. The first-order valence-electron chi connectivity index (χ1n) is 6.04. The zero-order valence-corrected chi connectivity index (χ0v) is 10.4. The Morgan fingerprint density at radius 3 is 3.17 bits per heavy atom. The zero-order valence-electron chi connectivity index (χ0n) is 10.4. The largest absolute Gasteiger partial charge is 0.376 e. The van der Waals surface area contributed by atoms with Gasteiger partial charge in [0.25, 0.3) is 5.91 Å². The van der Waals surface area contributed by atoms with Crippen LogP contribution in [0.5, 0.6) is 0 Å². The Balaban J connectivity index is 1.99. The number of anilines is 1. The van der Waals surface area contributed by atoms with E-state index < -0.39 is 0 Å². The van der Waals surface area contributed by atoms with E-state index in [2.05, 4.69) is 15.7 Å². The molecule has 18 heavy (non-hydrogen) atoms. The van der Waals surface area contributed by atoms with Gasteiger partial charge in [-0.05, 0) is 25.8 Å². The van der Waals surface area contributed by atoms with Crippen molar-refractivity contribution in [2.24, 2.45) is 5.84 Å². The van der Waals surface area contributed by atoms with Crippen LogP contribution in [0, 0.1) is 6.92 Å². The lowest BCUT2D eigenvalue weighted by Gasteiger charge is -2.12. The molecule has 4 N–H and O–H groups in total. The molecule has 1 atom stereocenters. The number of carbonyl (C=O) groups excluding carboxylic acids is 1. The molecular weight excluding hydrogens is 232 g/mol. The maximum atomic E-state index is 12.0. The topological polar surface area (TPSA) is 89.3 Å². The first-order valence-corrected chi connectivity index (χ1v) is 6.04. The number of hydrogen-bond acceptors (Lipinski definition) is 5. The van der Waals surface area contributed by atoms with Crippen LogP contribution in [0.4, 0.5) is 5.69 Å². The molecule has 1 fully saturated rings. The SMILES string of the molecule is Cc1cc(NN)c(C(=O)NCC2CCCO2)cn1.